The van der Waals surface area contributed by atoms with E-state index in [0.29, 0.717) is 16.5 Å². The fraction of sp³-hybridized carbons (Fsp3) is 0.476. The molecule has 6 nitrogen and oxygen atoms in total. The van der Waals surface area contributed by atoms with E-state index in [1.54, 1.807) is 12.4 Å². The molecule has 28 heavy (non-hydrogen) atoms. The zero-order valence-electron chi connectivity index (χ0n) is 16.6. The molecule has 2 N–H and O–H groups in total. The maximum atomic E-state index is 12.4. The summed E-state index contributed by atoms with van der Waals surface area (Å²) in [5.74, 6) is 0.565. The molecule has 0 spiro atoms. The van der Waals surface area contributed by atoms with E-state index in [4.69, 9.17) is 11.6 Å². The van der Waals surface area contributed by atoms with E-state index in [1.165, 1.54) is 5.56 Å². The van der Waals surface area contributed by atoms with Crippen LogP contribution in [0.5, 0.6) is 0 Å². The number of anilines is 1. The Balaban J connectivity index is 1.51. The summed E-state index contributed by atoms with van der Waals surface area (Å²) < 4.78 is 0. The minimum absolute atomic E-state index is 0.0209. The predicted molar refractivity (Wildman–Crippen MR) is 113 cm³/mol. The molecule has 150 valence electrons. The molecule has 0 saturated carbocycles. The lowest BCUT2D eigenvalue weighted by Gasteiger charge is -2.25. The quantitative estimate of drug-likeness (QED) is 0.690. The molecule has 3 heterocycles. The van der Waals surface area contributed by atoms with E-state index < -0.39 is 0 Å². The van der Waals surface area contributed by atoms with Crippen LogP contribution in [0.1, 0.15) is 54.7 Å². The van der Waals surface area contributed by atoms with Crippen molar-refractivity contribution in [1.82, 2.24) is 19.9 Å². The highest BCUT2D eigenvalue weighted by molar-refractivity contribution is 6.48. The number of aromatic nitrogens is 3. The Hall–Kier alpha value is -2.34. The van der Waals surface area contributed by atoms with Gasteiger partial charge in [0.15, 0.2) is 0 Å². The third-order valence-electron chi connectivity index (χ3n) is 5.19. The SMILES string of the molecule is C=C(Cl)c1[nH]ccc1CCC(C)(C)CNc1ncc(C(=O)N2CCCC2)cn1. The highest BCUT2D eigenvalue weighted by atomic mass is 35.5. The van der Waals surface area contributed by atoms with Gasteiger partial charge in [-0.05, 0) is 42.7 Å². The first-order chi connectivity index (χ1) is 13.4. The molecule has 0 atom stereocenters. The Morgan fingerprint density at radius 1 is 1.32 bits per heavy atom. The van der Waals surface area contributed by atoms with Crippen molar-refractivity contribution in [3.8, 4) is 0 Å². The molecule has 1 aliphatic rings. The maximum absolute atomic E-state index is 12.4. The fourth-order valence-electron chi connectivity index (χ4n) is 3.37. The highest BCUT2D eigenvalue weighted by Gasteiger charge is 2.21. The average Bonchev–Trinajstić information content (AvgIpc) is 3.36. The number of likely N-dealkylation sites (tertiary alicyclic amines) is 1. The number of H-pyrrole nitrogens is 1. The van der Waals surface area contributed by atoms with E-state index in [0.717, 1.165) is 51.0 Å². The Morgan fingerprint density at radius 2 is 2.00 bits per heavy atom. The third-order valence-corrected chi connectivity index (χ3v) is 5.38. The molecule has 1 aliphatic heterocycles. The molecule has 0 aliphatic carbocycles. The summed E-state index contributed by atoms with van der Waals surface area (Å²) in [6, 6.07) is 2.05. The number of nitrogens with zero attached hydrogens (tertiary/aromatic N) is 3. The minimum Gasteiger partial charge on any atom is -0.360 e. The first-order valence-corrected chi connectivity index (χ1v) is 10.1. The van der Waals surface area contributed by atoms with Crippen molar-refractivity contribution < 1.29 is 4.79 Å². The van der Waals surface area contributed by atoms with Crippen LogP contribution in [-0.4, -0.2) is 45.4 Å². The summed E-state index contributed by atoms with van der Waals surface area (Å²) in [5, 5.41) is 3.82. The number of rotatable bonds is 8. The van der Waals surface area contributed by atoms with Gasteiger partial charge in [0.2, 0.25) is 5.95 Å². The Bertz CT molecular complexity index is 822. The van der Waals surface area contributed by atoms with Gasteiger partial charge in [-0.25, -0.2) is 9.97 Å². The van der Waals surface area contributed by atoms with Crippen molar-refractivity contribution >= 4 is 28.5 Å². The van der Waals surface area contributed by atoms with Crippen LogP contribution in [0.25, 0.3) is 5.03 Å². The van der Waals surface area contributed by atoms with Crippen LogP contribution >= 0.6 is 11.6 Å². The summed E-state index contributed by atoms with van der Waals surface area (Å²) in [6.07, 6.45) is 9.14. The normalized spacial score (nSPS) is 14.3. The molecule has 0 aromatic carbocycles. The van der Waals surface area contributed by atoms with Crippen LogP contribution in [-0.2, 0) is 6.42 Å². The first kappa shape index (κ1) is 20.4. The first-order valence-electron chi connectivity index (χ1n) is 9.72. The molecule has 2 aromatic heterocycles. The summed E-state index contributed by atoms with van der Waals surface area (Å²) in [6.45, 7) is 10.6. The van der Waals surface area contributed by atoms with Gasteiger partial charge in [0, 0.05) is 38.2 Å². The van der Waals surface area contributed by atoms with E-state index >= 15 is 0 Å². The van der Waals surface area contributed by atoms with Crippen LogP contribution in [0.2, 0.25) is 0 Å². The van der Waals surface area contributed by atoms with E-state index in [9.17, 15) is 4.79 Å². The van der Waals surface area contributed by atoms with Crippen LogP contribution in [0.4, 0.5) is 5.95 Å². The number of halogens is 1. The van der Waals surface area contributed by atoms with Crippen LogP contribution in [0.3, 0.4) is 0 Å². The minimum atomic E-state index is 0.0209. The van der Waals surface area contributed by atoms with Gasteiger partial charge in [0.1, 0.15) is 0 Å². The summed E-state index contributed by atoms with van der Waals surface area (Å²) >= 11 is 6.04. The summed E-state index contributed by atoms with van der Waals surface area (Å²) in [5.41, 5.74) is 2.67. The highest BCUT2D eigenvalue weighted by Crippen LogP contribution is 2.27. The predicted octanol–water partition coefficient (Wildman–Crippen LogP) is 4.32. The topological polar surface area (TPSA) is 73.9 Å². The van der Waals surface area contributed by atoms with E-state index in [1.807, 2.05) is 17.2 Å². The van der Waals surface area contributed by atoms with Gasteiger partial charge in [-0.1, -0.05) is 32.0 Å². The number of aromatic amines is 1. The Kier molecular flexibility index (Phi) is 6.39. The number of aryl methyl sites for hydroxylation is 1. The number of amides is 1. The van der Waals surface area contributed by atoms with Crippen LogP contribution < -0.4 is 5.32 Å². The van der Waals surface area contributed by atoms with E-state index in [2.05, 4.69) is 40.7 Å². The number of carbonyl (C=O) groups excluding carboxylic acids is 1. The van der Waals surface area contributed by atoms with Crippen molar-refractivity contribution in [2.24, 2.45) is 5.41 Å². The molecule has 0 unspecified atom stereocenters. The lowest BCUT2D eigenvalue weighted by molar-refractivity contribution is 0.0792. The second kappa shape index (κ2) is 8.78. The van der Waals surface area contributed by atoms with Gasteiger partial charge in [-0.3, -0.25) is 4.79 Å². The number of nitrogens with one attached hydrogen (secondary N) is 2. The Morgan fingerprint density at radius 3 is 2.64 bits per heavy atom. The van der Waals surface area contributed by atoms with E-state index in [-0.39, 0.29) is 11.3 Å². The summed E-state index contributed by atoms with van der Waals surface area (Å²) in [4.78, 5) is 26.0. The molecule has 0 bridgehead atoms. The zero-order chi connectivity index (χ0) is 20.1. The molecule has 0 radical (unpaired) electrons. The standard InChI is InChI=1S/C21H28ClN5O/c1-15(22)18-16(7-9-23-18)6-8-21(2,3)14-26-20-24-12-17(13-25-20)19(28)27-10-4-5-11-27/h7,9,12-13,23H,1,4-6,8,10-11,14H2,2-3H3,(H,24,25,26). The largest absolute Gasteiger partial charge is 0.360 e. The van der Waals surface area contributed by atoms with Gasteiger partial charge in [-0.2, -0.15) is 0 Å². The van der Waals surface area contributed by atoms with Gasteiger partial charge in [0.05, 0.1) is 16.3 Å². The second-order valence-corrected chi connectivity index (χ2v) is 8.55. The molecule has 1 amide bonds. The molecule has 3 rings (SSSR count). The molecular formula is C21H28ClN5O. The molecule has 1 fully saturated rings. The lowest BCUT2D eigenvalue weighted by Crippen LogP contribution is -2.28. The van der Waals surface area contributed by atoms with Crippen molar-refractivity contribution in [3.63, 3.8) is 0 Å². The van der Waals surface area contributed by atoms with Gasteiger partial charge in [0.25, 0.3) is 5.91 Å². The van der Waals surface area contributed by atoms with Gasteiger partial charge >= 0.3 is 0 Å². The van der Waals surface area contributed by atoms with Crippen LogP contribution in [0, 0.1) is 5.41 Å². The van der Waals surface area contributed by atoms with Crippen molar-refractivity contribution in [1.29, 1.82) is 0 Å². The number of carbonyl (C=O) groups is 1. The van der Waals surface area contributed by atoms with Gasteiger partial charge in [-0.15, -0.1) is 0 Å². The molecular weight excluding hydrogens is 374 g/mol. The number of hydrogen-bond acceptors (Lipinski definition) is 4. The molecule has 7 heteroatoms. The lowest BCUT2D eigenvalue weighted by atomic mass is 9.86. The Labute approximate surface area is 171 Å². The molecule has 1 saturated heterocycles. The fourth-order valence-corrected chi connectivity index (χ4v) is 3.55. The summed E-state index contributed by atoms with van der Waals surface area (Å²) in [7, 11) is 0. The van der Waals surface area contributed by atoms with Crippen molar-refractivity contribution in [3.05, 3.63) is 48.1 Å². The van der Waals surface area contributed by atoms with Crippen molar-refractivity contribution in [2.45, 2.75) is 39.5 Å². The monoisotopic (exact) mass is 401 g/mol. The number of hydrogen-bond donors (Lipinski definition) is 2. The van der Waals surface area contributed by atoms with Crippen LogP contribution in [0.15, 0.2) is 31.2 Å². The average molecular weight is 402 g/mol. The maximum Gasteiger partial charge on any atom is 0.256 e. The smallest absolute Gasteiger partial charge is 0.256 e. The van der Waals surface area contributed by atoms with Crippen molar-refractivity contribution in [2.75, 3.05) is 25.0 Å². The second-order valence-electron chi connectivity index (χ2n) is 8.10. The third kappa shape index (κ3) is 5.13. The van der Waals surface area contributed by atoms with Gasteiger partial charge < -0.3 is 15.2 Å². The molecule has 2 aromatic rings. The zero-order valence-corrected chi connectivity index (χ0v) is 17.4.